The van der Waals surface area contributed by atoms with Crippen molar-refractivity contribution in [3.63, 3.8) is 0 Å². The minimum Gasteiger partial charge on any atom is -0.340 e. The fourth-order valence-electron chi connectivity index (χ4n) is 3.15. The van der Waals surface area contributed by atoms with Crippen LogP contribution in [0.3, 0.4) is 0 Å². The molecule has 0 saturated heterocycles. The first kappa shape index (κ1) is 21.7. The van der Waals surface area contributed by atoms with Crippen LogP contribution < -0.4 is 10.6 Å². The van der Waals surface area contributed by atoms with Crippen molar-refractivity contribution < 1.29 is 9.59 Å². The Kier molecular flexibility index (Phi) is 6.65. The summed E-state index contributed by atoms with van der Waals surface area (Å²) in [6.45, 7) is 14.2. The maximum absolute atomic E-state index is 12.8. The molecule has 2 N–H and O–H groups in total. The number of benzene rings is 2. The van der Waals surface area contributed by atoms with Gasteiger partial charge in [-0.3, -0.25) is 9.59 Å². The molecule has 0 saturated carbocycles. The summed E-state index contributed by atoms with van der Waals surface area (Å²) in [5.41, 5.74) is 4.66. The number of hydrogen-bond donors (Lipinski definition) is 2. The van der Waals surface area contributed by atoms with E-state index in [4.69, 9.17) is 0 Å². The number of carbonyl (C=O) groups is 2. The van der Waals surface area contributed by atoms with Crippen LogP contribution in [0, 0.1) is 19.8 Å². The summed E-state index contributed by atoms with van der Waals surface area (Å²) < 4.78 is 0. The highest BCUT2D eigenvalue weighted by Crippen LogP contribution is 2.22. The summed E-state index contributed by atoms with van der Waals surface area (Å²) in [6.07, 6.45) is 0. The molecule has 2 amide bonds. The molecule has 28 heavy (non-hydrogen) atoms. The Morgan fingerprint density at radius 1 is 0.893 bits per heavy atom. The molecule has 0 heterocycles. The zero-order valence-electron chi connectivity index (χ0n) is 18.0. The van der Waals surface area contributed by atoms with E-state index < -0.39 is 6.04 Å². The molecule has 0 aliphatic rings. The Morgan fingerprint density at radius 3 is 1.89 bits per heavy atom. The van der Waals surface area contributed by atoms with Crippen LogP contribution in [0.5, 0.6) is 0 Å². The van der Waals surface area contributed by atoms with Gasteiger partial charge in [0.15, 0.2) is 0 Å². The van der Waals surface area contributed by atoms with Gasteiger partial charge in [-0.05, 0) is 66.1 Å². The third-order valence-corrected chi connectivity index (χ3v) is 4.74. The molecule has 2 aromatic carbocycles. The number of nitrogens with one attached hydrogen (secondary N) is 2. The Hall–Kier alpha value is -2.62. The second-order valence-corrected chi connectivity index (χ2v) is 8.89. The van der Waals surface area contributed by atoms with E-state index in [-0.39, 0.29) is 23.1 Å². The first-order valence-corrected chi connectivity index (χ1v) is 9.78. The highest BCUT2D eigenvalue weighted by atomic mass is 16.2. The average molecular weight is 381 g/mol. The van der Waals surface area contributed by atoms with Gasteiger partial charge in [-0.1, -0.05) is 52.8 Å². The largest absolute Gasteiger partial charge is 0.340 e. The van der Waals surface area contributed by atoms with Gasteiger partial charge >= 0.3 is 0 Å². The third-order valence-electron chi connectivity index (χ3n) is 4.74. The maximum Gasteiger partial charge on any atom is 0.251 e. The van der Waals surface area contributed by atoms with E-state index in [0.29, 0.717) is 5.56 Å². The van der Waals surface area contributed by atoms with Crippen LogP contribution in [0.4, 0.5) is 5.69 Å². The molecule has 2 aromatic rings. The Bertz CT molecular complexity index is 826. The fraction of sp³-hybridized carbons (Fsp3) is 0.417. The van der Waals surface area contributed by atoms with Gasteiger partial charge in [0.2, 0.25) is 5.91 Å². The molecule has 0 aliphatic heterocycles. The van der Waals surface area contributed by atoms with Crippen molar-refractivity contribution in [3.8, 4) is 0 Å². The van der Waals surface area contributed by atoms with Gasteiger partial charge in [-0.15, -0.1) is 0 Å². The van der Waals surface area contributed by atoms with Crippen molar-refractivity contribution in [2.45, 2.75) is 59.9 Å². The smallest absolute Gasteiger partial charge is 0.251 e. The molecule has 0 aromatic heterocycles. The van der Waals surface area contributed by atoms with E-state index in [0.717, 1.165) is 22.4 Å². The summed E-state index contributed by atoms with van der Waals surface area (Å²) in [5, 5.41) is 5.83. The van der Waals surface area contributed by atoms with E-state index in [1.165, 1.54) is 0 Å². The topological polar surface area (TPSA) is 58.2 Å². The number of carbonyl (C=O) groups excluding carboxylic acids is 2. The molecule has 4 heteroatoms. The fourth-order valence-corrected chi connectivity index (χ4v) is 3.15. The summed E-state index contributed by atoms with van der Waals surface area (Å²) in [6, 6.07) is 12.9. The third kappa shape index (κ3) is 5.69. The van der Waals surface area contributed by atoms with Crippen LogP contribution in [0.1, 0.15) is 61.7 Å². The molecular weight excluding hydrogens is 348 g/mol. The predicted octanol–water partition coefficient (Wildman–Crippen LogP) is 4.99. The summed E-state index contributed by atoms with van der Waals surface area (Å²) in [4.78, 5) is 25.5. The van der Waals surface area contributed by atoms with Crippen LogP contribution in [0.2, 0.25) is 0 Å². The first-order valence-electron chi connectivity index (χ1n) is 9.78. The normalized spacial score (nSPS) is 12.6. The van der Waals surface area contributed by atoms with Gasteiger partial charge in [0, 0.05) is 11.3 Å². The predicted molar refractivity (Wildman–Crippen MR) is 116 cm³/mol. The van der Waals surface area contributed by atoms with Crippen molar-refractivity contribution in [3.05, 3.63) is 64.7 Å². The Morgan fingerprint density at radius 2 is 1.43 bits per heavy atom. The molecule has 150 valence electrons. The maximum atomic E-state index is 12.8. The van der Waals surface area contributed by atoms with Gasteiger partial charge in [0.1, 0.15) is 6.04 Å². The summed E-state index contributed by atoms with van der Waals surface area (Å²) >= 11 is 0. The number of aryl methyl sites for hydroxylation is 2. The van der Waals surface area contributed by atoms with Crippen molar-refractivity contribution in [1.82, 2.24) is 5.32 Å². The van der Waals surface area contributed by atoms with Crippen LogP contribution >= 0.6 is 0 Å². The first-order chi connectivity index (χ1) is 13.0. The van der Waals surface area contributed by atoms with Crippen molar-refractivity contribution in [2.24, 2.45) is 5.92 Å². The Balaban J connectivity index is 2.13. The molecule has 0 fully saturated rings. The van der Waals surface area contributed by atoms with Gasteiger partial charge in [0.05, 0.1) is 0 Å². The second-order valence-electron chi connectivity index (χ2n) is 8.89. The lowest BCUT2D eigenvalue weighted by Gasteiger charge is -2.23. The summed E-state index contributed by atoms with van der Waals surface area (Å²) in [7, 11) is 0. The SMILES string of the molecule is Cc1cc(C)cc(NC(=O)[C@@H](NC(=O)c2ccc(C(C)(C)C)cc2)C(C)C)c1. The molecular formula is C24H32N2O2. The lowest BCUT2D eigenvalue weighted by Crippen LogP contribution is -2.47. The zero-order chi connectivity index (χ0) is 21.1. The summed E-state index contributed by atoms with van der Waals surface area (Å²) in [5.74, 6) is -0.488. The molecule has 0 aliphatic carbocycles. The lowest BCUT2D eigenvalue weighted by molar-refractivity contribution is -0.118. The zero-order valence-corrected chi connectivity index (χ0v) is 18.0. The minimum absolute atomic E-state index is 0.0291. The van der Waals surface area contributed by atoms with Gasteiger partial charge in [-0.25, -0.2) is 0 Å². The molecule has 4 nitrogen and oxygen atoms in total. The van der Waals surface area contributed by atoms with E-state index in [9.17, 15) is 9.59 Å². The van der Waals surface area contributed by atoms with E-state index in [2.05, 4.69) is 37.5 Å². The Labute approximate surface area is 168 Å². The number of rotatable bonds is 5. The quantitative estimate of drug-likeness (QED) is 0.767. The number of hydrogen-bond acceptors (Lipinski definition) is 2. The van der Waals surface area contributed by atoms with Crippen molar-refractivity contribution in [2.75, 3.05) is 5.32 Å². The molecule has 1 atom stereocenters. The van der Waals surface area contributed by atoms with Crippen LogP contribution in [-0.2, 0) is 10.2 Å². The van der Waals surface area contributed by atoms with Crippen molar-refractivity contribution in [1.29, 1.82) is 0 Å². The van der Waals surface area contributed by atoms with Crippen LogP contribution in [-0.4, -0.2) is 17.9 Å². The van der Waals surface area contributed by atoms with E-state index in [1.54, 1.807) is 0 Å². The standard InChI is InChI=1S/C24H32N2O2/c1-15(2)21(23(28)25-20-13-16(3)12-17(4)14-20)26-22(27)18-8-10-19(11-9-18)24(5,6)7/h8-15,21H,1-7H3,(H,25,28)(H,26,27)/t21-/m0/s1. The molecule has 0 bridgehead atoms. The number of amides is 2. The molecule has 0 spiro atoms. The average Bonchev–Trinajstić information content (AvgIpc) is 2.57. The molecule has 0 unspecified atom stereocenters. The number of anilines is 1. The lowest BCUT2D eigenvalue weighted by atomic mass is 9.86. The van der Waals surface area contributed by atoms with Gasteiger partial charge in [-0.2, -0.15) is 0 Å². The van der Waals surface area contributed by atoms with Gasteiger partial charge < -0.3 is 10.6 Å². The minimum atomic E-state index is -0.615. The van der Waals surface area contributed by atoms with Crippen LogP contribution in [0.25, 0.3) is 0 Å². The second kappa shape index (κ2) is 8.59. The molecule has 2 rings (SSSR count). The highest BCUT2D eigenvalue weighted by Gasteiger charge is 2.25. The highest BCUT2D eigenvalue weighted by molar-refractivity contribution is 6.01. The monoisotopic (exact) mass is 380 g/mol. The van der Waals surface area contributed by atoms with E-state index >= 15 is 0 Å². The van der Waals surface area contributed by atoms with Crippen molar-refractivity contribution >= 4 is 17.5 Å². The van der Waals surface area contributed by atoms with Crippen LogP contribution in [0.15, 0.2) is 42.5 Å². The molecule has 0 radical (unpaired) electrons. The van der Waals surface area contributed by atoms with Gasteiger partial charge in [0.25, 0.3) is 5.91 Å². The van der Waals surface area contributed by atoms with E-state index in [1.807, 2.05) is 64.1 Å².